The molecule has 4 rings (SSSR count). The number of fused-ring (bicyclic) bond motifs is 1. The Bertz CT molecular complexity index is 995. The highest BCUT2D eigenvalue weighted by Crippen LogP contribution is 2.26. The van der Waals surface area contributed by atoms with E-state index < -0.39 is 11.6 Å². The molecule has 1 saturated heterocycles. The number of carbonyl (C=O) groups is 2. The van der Waals surface area contributed by atoms with Gasteiger partial charge >= 0.3 is 6.03 Å². The number of para-hydroxylation sites is 2. The lowest BCUT2D eigenvalue weighted by Gasteiger charge is -2.21. The van der Waals surface area contributed by atoms with Crippen LogP contribution < -0.4 is 10.1 Å². The number of urea groups is 1. The molecule has 28 heavy (non-hydrogen) atoms. The normalized spacial score (nSPS) is 19.3. The molecule has 1 aliphatic heterocycles. The fourth-order valence-electron chi connectivity index (χ4n) is 3.37. The molecule has 0 spiro atoms. The number of ether oxygens (including phenoxy) is 1. The molecule has 144 valence electrons. The number of aromatic nitrogens is 1. The van der Waals surface area contributed by atoms with Crippen LogP contribution in [0.4, 0.5) is 4.79 Å². The van der Waals surface area contributed by atoms with Gasteiger partial charge in [-0.2, -0.15) is 0 Å². The van der Waals surface area contributed by atoms with Crippen LogP contribution >= 0.6 is 0 Å². The third-order valence-electron chi connectivity index (χ3n) is 5.05. The van der Waals surface area contributed by atoms with Gasteiger partial charge < -0.3 is 14.5 Å². The minimum Gasteiger partial charge on any atom is -0.497 e. The minimum absolute atomic E-state index is 0.0114. The van der Waals surface area contributed by atoms with Gasteiger partial charge in [0.1, 0.15) is 23.3 Å². The van der Waals surface area contributed by atoms with Crippen molar-refractivity contribution in [2.75, 3.05) is 7.11 Å². The second kappa shape index (κ2) is 6.99. The van der Waals surface area contributed by atoms with Gasteiger partial charge in [0.2, 0.25) is 5.89 Å². The van der Waals surface area contributed by atoms with Crippen molar-refractivity contribution < 1.29 is 18.7 Å². The van der Waals surface area contributed by atoms with E-state index in [1.807, 2.05) is 42.5 Å². The number of carbonyl (C=O) groups excluding carboxylic acids is 2. The highest BCUT2D eigenvalue weighted by Gasteiger charge is 2.47. The van der Waals surface area contributed by atoms with Crippen LogP contribution in [0.5, 0.6) is 5.75 Å². The average molecular weight is 379 g/mol. The molecule has 0 bridgehead atoms. The Balaban J connectivity index is 1.45. The zero-order valence-corrected chi connectivity index (χ0v) is 15.8. The van der Waals surface area contributed by atoms with E-state index in [-0.39, 0.29) is 12.5 Å². The molecule has 1 atom stereocenters. The van der Waals surface area contributed by atoms with Crippen LogP contribution in [0.1, 0.15) is 24.8 Å². The molecule has 0 saturated carbocycles. The van der Waals surface area contributed by atoms with Gasteiger partial charge in [-0.1, -0.05) is 24.3 Å². The number of benzene rings is 2. The molecule has 3 amide bonds. The summed E-state index contributed by atoms with van der Waals surface area (Å²) >= 11 is 0. The van der Waals surface area contributed by atoms with E-state index >= 15 is 0 Å². The Morgan fingerprint density at radius 2 is 1.89 bits per heavy atom. The SMILES string of the molecule is COc1ccc(CC[C@@]2(C)NC(=O)N(Cc3nc4ccccc4o3)C2=O)cc1. The predicted molar refractivity (Wildman–Crippen MR) is 103 cm³/mol. The first-order valence-corrected chi connectivity index (χ1v) is 9.10. The number of nitrogens with one attached hydrogen (secondary N) is 1. The van der Waals surface area contributed by atoms with Crippen molar-refractivity contribution in [1.29, 1.82) is 0 Å². The van der Waals surface area contributed by atoms with Crippen molar-refractivity contribution in [3.8, 4) is 5.75 Å². The standard InChI is InChI=1S/C21H21N3O4/c1-21(12-11-14-7-9-15(27-2)10-8-14)19(25)24(20(26)23-21)13-18-22-16-5-3-4-6-17(16)28-18/h3-10H,11-13H2,1-2H3,(H,23,26)/t21-/m1/s1. The molecule has 2 heterocycles. The van der Waals surface area contributed by atoms with Gasteiger partial charge in [0.15, 0.2) is 5.58 Å². The molecule has 1 fully saturated rings. The fourth-order valence-corrected chi connectivity index (χ4v) is 3.37. The van der Waals surface area contributed by atoms with E-state index in [2.05, 4.69) is 10.3 Å². The van der Waals surface area contributed by atoms with Crippen LogP contribution in [-0.4, -0.2) is 34.5 Å². The summed E-state index contributed by atoms with van der Waals surface area (Å²) in [4.78, 5) is 30.9. The number of hydrogen-bond acceptors (Lipinski definition) is 5. The molecule has 2 aromatic carbocycles. The second-order valence-corrected chi connectivity index (χ2v) is 7.08. The van der Waals surface area contributed by atoms with Gasteiger partial charge in [-0.05, 0) is 49.6 Å². The monoisotopic (exact) mass is 379 g/mol. The highest BCUT2D eigenvalue weighted by atomic mass is 16.5. The highest BCUT2D eigenvalue weighted by molar-refractivity contribution is 6.06. The lowest BCUT2D eigenvalue weighted by molar-refractivity contribution is -0.131. The van der Waals surface area contributed by atoms with E-state index in [4.69, 9.17) is 9.15 Å². The van der Waals surface area contributed by atoms with Crippen LogP contribution in [0.15, 0.2) is 52.9 Å². The van der Waals surface area contributed by atoms with Gasteiger partial charge in [-0.3, -0.25) is 9.69 Å². The van der Waals surface area contributed by atoms with Gasteiger partial charge in [-0.25, -0.2) is 9.78 Å². The summed E-state index contributed by atoms with van der Waals surface area (Å²) in [5.41, 5.74) is 1.45. The van der Waals surface area contributed by atoms with Crippen molar-refractivity contribution in [1.82, 2.24) is 15.2 Å². The average Bonchev–Trinajstić information content (AvgIpc) is 3.21. The first-order valence-electron chi connectivity index (χ1n) is 9.10. The number of oxazole rings is 1. The fraction of sp³-hybridized carbons (Fsp3) is 0.286. The van der Waals surface area contributed by atoms with Crippen LogP contribution in [0.3, 0.4) is 0 Å². The maximum atomic E-state index is 12.9. The Morgan fingerprint density at radius 1 is 1.14 bits per heavy atom. The quantitative estimate of drug-likeness (QED) is 0.665. The van der Waals surface area contributed by atoms with E-state index in [0.717, 1.165) is 11.3 Å². The number of methoxy groups -OCH3 is 1. The van der Waals surface area contributed by atoms with Crippen molar-refractivity contribution in [2.24, 2.45) is 0 Å². The van der Waals surface area contributed by atoms with E-state index in [1.165, 1.54) is 4.90 Å². The maximum Gasteiger partial charge on any atom is 0.325 e. The number of rotatable bonds is 6. The third-order valence-corrected chi connectivity index (χ3v) is 5.05. The summed E-state index contributed by atoms with van der Waals surface area (Å²) in [6, 6.07) is 14.6. The molecule has 0 radical (unpaired) electrons. The van der Waals surface area contributed by atoms with Crippen molar-refractivity contribution in [3.05, 3.63) is 60.0 Å². The van der Waals surface area contributed by atoms with E-state index in [9.17, 15) is 9.59 Å². The van der Waals surface area contributed by atoms with Crippen LogP contribution in [0, 0.1) is 0 Å². The number of aryl methyl sites for hydroxylation is 1. The molecular formula is C21H21N3O4. The molecule has 3 aromatic rings. The number of imide groups is 1. The summed E-state index contributed by atoms with van der Waals surface area (Å²) in [7, 11) is 1.62. The topological polar surface area (TPSA) is 84.7 Å². The lowest BCUT2D eigenvalue weighted by atomic mass is 9.93. The van der Waals surface area contributed by atoms with Crippen LogP contribution in [-0.2, 0) is 17.8 Å². The summed E-state index contributed by atoms with van der Waals surface area (Å²) in [6.07, 6.45) is 1.15. The second-order valence-electron chi connectivity index (χ2n) is 7.08. The number of amides is 3. The lowest BCUT2D eigenvalue weighted by Crippen LogP contribution is -2.44. The predicted octanol–water partition coefficient (Wildman–Crippen LogP) is 3.28. The molecule has 7 heteroatoms. The molecule has 1 N–H and O–H groups in total. The van der Waals surface area contributed by atoms with Crippen LogP contribution in [0.25, 0.3) is 11.1 Å². The van der Waals surface area contributed by atoms with Gasteiger partial charge in [0.25, 0.3) is 5.91 Å². The van der Waals surface area contributed by atoms with Gasteiger partial charge in [0.05, 0.1) is 7.11 Å². The van der Waals surface area contributed by atoms with E-state index in [1.54, 1.807) is 20.1 Å². The van der Waals surface area contributed by atoms with E-state index in [0.29, 0.717) is 29.8 Å². The van der Waals surface area contributed by atoms with Crippen molar-refractivity contribution in [2.45, 2.75) is 31.8 Å². The van der Waals surface area contributed by atoms with Gasteiger partial charge in [0, 0.05) is 0 Å². The molecular weight excluding hydrogens is 358 g/mol. The Labute approximate surface area is 162 Å². The Kier molecular flexibility index (Phi) is 4.50. The summed E-state index contributed by atoms with van der Waals surface area (Å²) in [6.45, 7) is 1.76. The molecule has 0 unspecified atom stereocenters. The maximum absolute atomic E-state index is 12.9. The van der Waals surface area contributed by atoms with Crippen molar-refractivity contribution in [3.63, 3.8) is 0 Å². The first-order chi connectivity index (χ1) is 13.5. The smallest absolute Gasteiger partial charge is 0.325 e. The van der Waals surface area contributed by atoms with Crippen LogP contribution in [0.2, 0.25) is 0 Å². The summed E-state index contributed by atoms with van der Waals surface area (Å²) in [5.74, 6) is 0.849. The molecule has 1 aliphatic rings. The first kappa shape index (κ1) is 18.0. The number of nitrogens with zero attached hydrogens (tertiary/aromatic N) is 2. The zero-order chi connectivity index (χ0) is 19.7. The summed E-state index contributed by atoms with van der Waals surface area (Å²) < 4.78 is 10.8. The Hall–Kier alpha value is -3.35. The molecule has 0 aliphatic carbocycles. The molecule has 1 aromatic heterocycles. The zero-order valence-electron chi connectivity index (χ0n) is 15.8. The Morgan fingerprint density at radius 3 is 2.61 bits per heavy atom. The minimum atomic E-state index is -0.955. The van der Waals surface area contributed by atoms with Crippen molar-refractivity contribution >= 4 is 23.0 Å². The third kappa shape index (κ3) is 3.31. The largest absolute Gasteiger partial charge is 0.497 e. The van der Waals surface area contributed by atoms with Gasteiger partial charge in [-0.15, -0.1) is 0 Å². The molecule has 7 nitrogen and oxygen atoms in total. The summed E-state index contributed by atoms with van der Waals surface area (Å²) in [5, 5.41) is 2.82. The number of hydrogen-bond donors (Lipinski definition) is 1.